The number of ether oxygens (including phenoxy) is 1. The molecule has 1 aliphatic heterocycles. The summed E-state index contributed by atoms with van der Waals surface area (Å²) in [5.41, 5.74) is 5.26. The number of hydrogen-bond acceptors (Lipinski definition) is 3. The van der Waals surface area contributed by atoms with E-state index in [2.05, 4.69) is 11.9 Å². The maximum absolute atomic E-state index is 11.1. The van der Waals surface area contributed by atoms with Crippen LogP contribution in [-0.4, -0.2) is 18.0 Å². The molecule has 0 aromatic heterocycles. The van der Waals surface area contributed by atoms with Gasteiger partial charge in [0.2, 0.25) is 0 Å². The Bertz CT molecular complexity index is 213. The third-order valence-electron chi connectivity index (χ3n) is 1.97. The van der Waals surface area contributed by atoms with E-state index in [9.17, 15) is 4.79 Å². The van der Waals surface area contributed by atoms with Crippen LogP contribution in [0.25, 0.3) is 0 Å². The summed E-state index contributed by atoms with van der Waals surface area (Å²) in [7, 11) is 0. The first-order valence-electron chi connectivity index (χ1n) is 4.19. The molecule has 0 aromatic carbocycles. The van der Waals surface area contributed by atoms with Crippen LogP contribution < -0.4 is 5.73 Å². The van der Waals surface area contributed by atoms with Gasteiger partial charge in [-0.25, -0.2) is 0 Å². The SMILES string of the molecule is CCCC(C)C1OC(N)=NC1=O. The number of carbonyl (C=O) groups is 1. The van der Waals surface area contributed by atoms with Crippen LogP contribution in [0.15, 0.2) is 4.99 Å². The molecular weight excluding hydrogens is 156 g/mol. The molecule has 1 aliphatic rings. The van der Waals surface area contributed by atoms with Gasteiger partial charge in [-0.1, -0.05) is 20.3 Å². The molecule has 2 atom stereocenters. The van der Waals surface area contributed by atoms with Crippen molar-refractivity contribution in [3.63, 3.8) is 0 Å². The predicted molar refractivity (Wildman–Crippen MR) is 45.6 cm³/mol. The molecule has 0 saturated carbocycles. The van der Waals surface area contributed by atoms with Gasteiger partial charge < -0.3 is 10.5 Å². The third kappa shape index (κ3) is 1.75. The monoisotopic (exact) mass is 170 g/mol. The molecule has 1 amide bonds. The van der Waals surface area contributed by atoms with Crippen LogP contribution in [0.3, 0.4) is 0 Å². The lowest BCUT2D eigenvalue weighted by atomic mass is 9.99. The Morgan fingerprint density at radius 1 is 1.75 bits per heavy atom. The zero-order valence-corrected chi connectivity index (χ0v) is 7.41. The predicted octanol–water partition coefficient (Wildman–Crippen LogP) is 0.663. The Labute approximate surface area is 71.8 Å². The van der Waals surface area contributed by atoms with Crippen molar-refractivity contribution in [3.8, 4) is 0 Å². The second-order valence-electron chi connectivity index (χ2n) is 3.09. The topological polar surface area (TPSA) is 64.7 Å². The fourth-order valence-electron chi connectivity index (χ4n) is 1.35. The number of amides is 1. The molecule has 0 fully saturated rings. The van der Waals surface area contributed by atoms with Gasteiger partial charge in [-0.15, -0.1) is 0 Å². The van der Waals surface area contributed by atoms with E-state index in [1.165, 1.54) is 0 Å². The minimum absolute atomic E-state index is 0.00736. The Kier molecular flexibility index (Phi) is 2.68. The van der Waals surface area contributed by atoms with Gasteiger partial charge in [0.05, 0.1) is 0 Å². The molecule has 0 spiro atoms. The fraction of sp³-hybridized carbons (Fsp3) is 0.750. The number of carbonyl (C=O) groups excluding carboxylic acids is 1. The second kappa shape index (κ2) is 3.56. The van der Waals surface area contributed by atoms with E-state index in [4.69, 9.17) is 10.5 Å². The summed E-state index contributed by atoms with van der Waals surface area (Å²) in [4.78, 5) is 14.6. The minimum atomic E-state index is -0.440. The molecule has 0 aromatic rings. The van der Waals surface area contributed by atoms with E-state index in [0.717, 1.165) is 12.8 Å². The first-order valence-corrected chi connectivity index (χ1v) is 4.19. The van der Waals surface area contributed by atoms with Crippen molar-refractivity contribution in [1.82, 2.24) is 0 Å². The molecular formula is C8H14N2O2. The lowest BCUT2D eigenvalue weighted by molar-refractivity contribution is -0.124. The Hall–Kier alpha value is -1.06. The number of nitrogens with zero attached hydrogens (tertiary/aromatic N) is 1. The lowest BCUT2D eigenvalue weighted by Crippen LogP contribution is -2.27. The maximum Gasteiger partial charge on any atom is 0.291 e. The van der Waals surface area contributed by atoms with E-state index >= 15 is 0 Å². The molecule has 2 N–H and O–H groups in total. The molecule has 0 bridgehead atoms. The van der Waals surface area contributed by atoms with Crippen molar-refractivity contribution in [2.45, 2.75) is 32.8 Å². The zero-order chi connectivity index (χ0) is 9.14. The minimum Gasteiger partial charge on any atom is -0.451 e. The molecule has 1 rings (SSSR count). The zero-order valence-electron chi connectivity index (χ0n) is 7.41. The second-order valence-corrected chi connectivity index (χ2v) is 3.09. The van der Waals surface area contributed by atoms with Gasteiger partial charge in [0.1, 0.15) is 0 Å². The van der Waals surface area contributed by atoms with Crippen LogP contribution in [0.5, 0.6) is 0 Å². The fourth-order valence-corrected chi connectivity index (χ4v) is 1.35. The lowest BCUT2D eigenvalue weighted by Gasteiger charge is -2.15. The highest BCUT2D eigenvalue weighted by Crippen LogP contribution is 2.18. The summed E-state index contributed by atoms with van der Waals surface area (Å²) in [6, 6.07) is 0.00736. The normalized spacial score (nSPS) is 25.0. The van der Waals surface area contributed by atoms with Crippen molar-refractivity contribution < 1.29 is 9.53 Å². The highest BCUT2D eigenvalue weighted by atomic mass is 16.5. The van der Waals surface area contributed by atoms with Gasteiger partial charge >= 0.3 is 0 Å². The van der Waals surface area contributed by atoms with Crippen molar-refractivity contribution >= 4 is 11.9 Å². The summed E-state index contributed by atoms with van der Waals surface area (Å²) < 4.78 is 5.07. The van der Waals surface area contributed by atoms with E-state index in [1.54, 1.807) is 0 Å². The van der Waals surface area contributed by atoms with Gasteiger partial charge in [-0.2, -0.15) is 4.99 Å². The van der Waals surface area contributed by atoms with Crippen molar-refractivity contribution in [2.75, 3.05) is 0 Å². The number of rotatable bonds is 3. The van der Waals surface area contributed by atoms with Crippen LogP contribution >= 0.6 is 0 Å². The molecule has 2 unspecified atom stereocenters. The average molecular weight is 170 g/mol. The third-order valence-corrected chi connectivity index (χ3v) is 1.97. The average Bonchev–Trinajstić information content (AvgIpc) is 2.30. The Morgan fingerprint density at radius 2 is 2.42 bits per heavy atom. The number of amidine groups is 1. The summed E-state index contributed by atoms with van der Waals surface area (Å²) in [5, 5.41) is 0. The number of aliphatic imine (C=N–C) groups is 1. The van der Waals surface area contributed by atoms with Gasteiger partial charge in [-0.05, 0) is 6.42 Å². The summed E-state index contributed by atoms with van der Waals surface area (Å²) >= 11 is 0. The molecule has 68 valence electrons. The van der Waals surface area contributed by atoms with Crippen LogP contribution in [0.2, 0.25) is 0 Å². The number of hydrogen-bond donors (Lipinski definition) is 1. The van der Waals surface area contributed by atoms with Crippen LogP contribution in [0, 0.1) is 5.92 Å². The highest BCUT2D eigenvalue weighted by molar-refractivity contribution is 5.97. The quantitative estimate of drug-likeness (QED) is 0.676. The van der Waals surface area contributed by atoms with E-state index in [1.807, 2.05) is 6.92 Å². The first-order chi connectivity index (χ1) is 5.65. The highest BCUT2D eigenvalue weighted by Gasteiger charge is 2.32. The van der Waals surface area contributed by atoms with E-state index < -0.39 is 6.10 Å². The Balaban J connectivity index is 2.51. The summed E-state index contributed by atoms with van der Waals surface area (Å²) in [6.45, 7) is 4.04. The Morgan fingerprint density at radius 3 is 2.83 bits per heavy atom. The van der Waals surface area contributed by atoms with Crippen molar-refractivity contribution in [1.29, 1.82) is 0 Å². The van der Waals surface area contributed by atoms with Crippen LogP contribution in [0.1, 0.15) is 26.7 Å². The van der Waals surface area contributed by atoms with E-state index in [0.29, 0.717) is 0 Å². The molecule has 0 radical (unpaired) electrons. The van der Waals surface area contributed by atoms with Gasteiger partial charge in [-0.3, -0.25) is 4.79 Å². The maximum atomic E-state index is 11.1. The first kappa shape index (κ1) is 9.03. The largest absolute Gasteiger partial charge is 0.451 e. The smallest absolute Gasteiger partial charge is 0.291 e. The van der Waals surface area contributed by atoms with Gasteiger partial charge in [0.25, 0.3) is 11.9 Å². The summed E-state index contributed by atoms with van der Waals surface area (Å²) in [5.74, 6) is -0.0410. The molecule has 0 aliphatic carbocycles. The molecule has 4 heteroatoms. The van der Waals surface area contributed by atoms with Crippen molar-refractivity contribution in [3.05, 3.63) is 0 Å². The molecule has 4 nitrogen and oxygen atoms in total. The standard InChI is InChI=1S/C8H14N2O2/c1-3-4-5(2)6-7(11)10-8(9)12-6/h5-6H,3-4H2,1-2H3,(H2,9,10,11). The summed E-state index contributed by atoms with van der Waals surface area (Å²) in [6.07, 6.45) is 1.55. The number of nitrogens with two attached hydrogens (primary N) is 1. The van der Waals surface area contributed by atoms with Crippen molar-refractivity contribution in [2.24, 2.45) is 16.6 Å². The molecule has 0 saturated heterocycles. The van der Waals surface area contributed by atoms with Crippen LogP contribution in [0.4, 0.5) is 0 Å². The molecule has 1 heterocycles. The van der Waals surface area contributed by atoms with E-state index in [-0.39, 0.29) is 17.8 Å². The van der Waals surface area contributed by atoms with Gasteiger partial charge in [0.15, 0.2) is 6.10 Å². The van der Waals surface area contributed by atoms with Crippen LogP contribution in [-0.2, 0) is 9.53 Å². The molecule has 12 heavy (non-hydrogen) atoms. The van der Waals surface area contributed by atoms with Gasteiger partial charge in [0, 0.05) is 5.92 Å².